The first kappa shape index (κ1) is 21.1. The van der Waals surface area contributed by atoms with Crippen LogP contribution >= 0.6 is 0 Å². The second-order valence-corrected chi connectivity index (χ2v) is 8.07. The fourth-order valence-corrected chi connectivity index (χ4v) is 3.20. The van der Waals surface area contributed by atoms with Crippen LogP contribution in [-0.4, -0.2) is 75.7 Å². The number of aromatic nitrogens is 3. The van der Waals surface area contributed by atoms with E-state index in [0.717, 1.165) is 38.9 Å². The van der Waals surface area contributed by atoms with Gasteiger partial charge in [-0.1, -0.05) is 0 Å². The Balaban J connectivity index is 2.15. The van der Waals surface area contributed by atoms with Gasteiger partial charge in [-0.25, -0.2) is 0 Å². The number of nitrogens with one attached hydrogen (secondary N) is 2. The number of rotatable bonds is 7. The normalized spacial score (nSPS) is 18.3. The molecular weight excluding hydrogens is 346 g/mol. The summed E-state index contributed by atoms with van der Waals surface area (Å²) in [5.74, 6) is 1.00. The van der Waals surface area contributed by atoms with E-state index in [1.807, 2.05) is 18.9 Å². The highest BCUT2D eigenvalue weighted by atomic mass is 16.4. The number of hydrogen-bond acceptors (Lipinski definition) is 8. The van der Waals surface area contributed by atoms with E-state index in [4.69, 9.17) is 5.11 Å². The van der Waals surface area contributed by atoms with Gasteiger partial charge in [0.25, 0.3) is 0 Å². The van der Waals surface area contributed by atoms with E-state index in [1.165, 1.54) is 0 Å². The Morgan fingerprint density at radius 2 is 1.93 bits per heavy atom. The zero-order valence-electron chi connectivity index (χ0n) is 17.1. The first-order chi connectivity index (χ1) is 12.7. The maximum atomic E-state index is 11.0. The van der Waals surface area contributed by atoms with E-state index in [0.29, 0.717) is 17.8 Å². The molecule has 0 radical (unpaired) electrons. The molecule has 9 heteroatoms. The molecule has 3 N–H and O–H groups in total. The maximum absolute atomic E-state index is 11.0. The largest absolute Gasteiger partial charge is 0.480 e. The number of anilines is 3. The molecule has 1 aliphatic heterocycles. The van der Waals surface area contributed by atoms with Gasteiger partial charge in [0.15, 0.2) is 0 Å². The van der Waals surface area contributed by atoms with Gasteiger partial charge in [0, 0.05) is 31.2 Å². The summed E-state index contributed by atoms with van der Waals surface area (Å²) in [5.41, 5.74) is -0.147. The number of nitrogens with zero attached hydrogens (tertiary/aromatic N) is 5. The van der Waals surface area contributed by atoms with Crippen molar-refractivity contribution in [1.29, 1.82) is 0 Å². The van der Waals surface area contributed by atoms with E-state index in [9.17, 15) is 4.79 Å². The molecular formula is C18H33N7O2. The lowest BCUT2D eigenvalue weighted by molar-refractivity contribution is -0.138. The summed E-state index contributed by atoms with van der Waals surface area (Å²) < 4.78 is 0. The summed E-state index contributed by atoms with van der Waals surface area (Å²) in [6.07, 6.45) is 2.82. The summed E-state index contributed by atoms with van der Waals surface area (Å²) in [6, 6.07) is 0.258. The fraction of sp³-hybridized carbons (Fsp3) is 0.778. The van der Waals surface area contributed by atoms with E-state index in [2.05, 4.69) is 51.3 Å². The molecule has 0 aliphatic carbocycles. The number of hydrogen-bond donors (Lipinski definition) is 3. The van der Waals surface area contributed by atoms with Crippen LogP contribution in [0.3, 0.4) is 0 Å². The molecule has 0 saturated carbocycles. The van der Waals surface area contributed by atoms with Gasteiger partial charge < -0.3 is 20.6 Å². The summed E-state index contributed by atoms with van der Waals surface area (Å²) in [7, 11) is 1.88. The summed E-state index contributed by atoms with van der Waals surface area (Å²) >= 11 is 0. The van der Waals surface area contributed by atoms with Crippen LogP contribution < -0.4 is 15.5 Å². The van der Waals surface area contributed by atoms with Gasteiger partial charge in [-0.05, 0) is 54.0 Å². The zero-order valence-corrected chi connectivity index (χ0v) is 17.1. The predicted molar refractivity (Wildman–Crippen MR) is 107 cm³/mol. The van der Waals surface area contributed by atoms with Crippen molar-refractivity contribution >= 4 is 23.8 Å². The third-order valence-corrected chi connectivity index (χ3v) is 4.43. The van der Waals surface area contributed by atoms with Crippen LogP contribution in [0.5, 0.6) is 0 Å². The standard InChI is InChI=1S/C18H33N7O2/c1-6-19-15-20-16(23-18(2,3)4)22-17(21-15)25-10-7-8-13(9-11-25)24(5)12-14(26)27/h13H,6-12H2,1-5H3,(H,26,27)(H2,19,20,21,22,23). The minimum Gasteiger partial charge on any atom is -0.480 e. The molecule has 1 atom stereocenters. The molecule has 1 aromatic heterocycles. The molecule has 1 fully saturated rings. The molecule has 1 aliphatic rings. The van der Waals surface area contributed by atoms with Gasteiger partial charge in [-0.15, -0.1) is 0 Å². The maximum Gasteiger partial charge on any atom is 0.317 e. The summed E-state index contributed by atoms with van der Waals surface area (Å²) in [5, 5.41) is 15.5. The smallest absolute Gasteiger partial charge is 0.317 e. The molecule has 27 heavy (non-hydrogen) atoms. The van der Waals surface area contributed by atoms with Gasteiger partial charge in [0.05, 0.1) is 6.54 Å². The molecule has 1 saturated heterocycles. The number of likely N-dealkylation sites (N-methyl/N-ethyl adjacent to an activating group) is 1. The molecule has 1 unspecified atom stereocenters. The van der Waals surface area contributed by atoms with Crippen LogP contribution in [-0.2, 0) is 4.79 Å². The third-order valence-electron chi connectivity index (χ3n) is 4.43. The lowest BCUT2D eigenvalue weighted by atomic mass is 10.1. The molecule has 0 bridgehead atoms. The first-order valence-electron chi connectivity index (χ1n) is 9.63. The third kappa shape index (κ3) is 6.82. The highest BCUT2D eigenvalue weighted by Gasteiger charge is 2.24. The van der Waals surface area contributed by atoms with E-state index < -0.39 is 5.97 Å². The van der Waals surface area contributed by atoms with Crippen LogP contribution in [0.25, 0.3) is 0 Å². The van der Waals surface area contributed by atoms with Crippen molar-refractivity contribution in [3.05, 3.63) is 0 Å². The van der Waals surface area contributed by atoms with Crippen LogP contribution in [0.1, 0.15) is 47.0 Å². The van der Waals surface area contributed by atoms with Crippen LogP contribution in [0.4, 0.5) is 17.8 Å². The zero-order chi connectivity index (χ0) is 20.0. The average Bonchev–Trinajstić information content (AvgIpc) is 2.78. The molecule has 0 amide bonds. The minimum absolute atomic E-state index is 0.0701. The number of carboxylic acids is 1. The van der Waals surface area contributed by atoms with Crippen molar-refractivity contribution in [2.45, 2.75) is 58.5 Å². The Morgan fingerprint density at radius 1 is 1.22 bits per heavy atom. The Morgan fingerprint density at radius 3 is 2.56 bits per heavy atom. The van der Waals surface area contributed by atoms with Crippen molar-refractivity contribution in [2.75, 3.05) is 48.8 Å². The Labute approximate surface area is 161 Å². The first-order valence-corrected chi connectivity index (χ1v) is 9.63. The number of carboxylic acid groups (broad SMARTS) is 1. The van der Waals surface area contributed by atoms with Crippen molar-refractivity contribution in [3.8, 4) is 0 Å². The topological polar surface area (TPSA) is 107 Å². The summed E-state index contributed by atoms with van der Waals surface area (Å²) in [4.78, 5) is 28.7. The van der Waals surface area contributed by atoms with Crippen molar-refractivity contribution in [3.63, 3.8) is 0 Å². The lowest BCUT2D eigenvalue weighted by Crippen LogP contribution is -2.37. The Bertz CT molecular complexity index is 633. The van der Waals surface area contributed by atoms with Crippen molar-refractivity contribution in [1.82, 2.24) is 19.9 Å². The molecule has 2 rings (SSSR count). The Hall–Kier alpha value is -2.16. The van der Waals surface area contributed by atoms with Crippen molar-refractivity contribution < 1.29 is 9.90 Å². The number of aliphatic carboxylic acids is 1. The van der Waals surface area contributed by atoms with Gasteiger partial charge in [-0.2, -0.15) is 15.0 Å². The van der Waals surface area contributed by atoms with Gasteiger partial charge >= 0.3 is 5.97 Å². The molecule has 152 valence electrons. The van der Waals surface area contributed by atoms with Gasteiger partial charge in [0.2, 0.25) is 17.8 Å². The van der Waals surface area contributed by atoms with Crippen LogP contribution in [0, 0.1) is 0 Å². The summed E-state index contributed by atoms with van der Waals surface area (Å²) in [6.45, 7) is 10.7. The van der Waals surface area contributed by atoms with Gasteiger partial charge in [0.1, 0.15) is 0 Å². The lowest BCUT2D eigenvalue weighted by Gasteiger charge is -2.26. The SMILES string of the molecule is CCNc1nc(NC(C)(C)C)nc(N2CCCC(N(C)CC(=O)O)CC2)n1. The quantitative estimate of drug-likeness (QED) is 0.654. The predicted octanol–water partition coefficient (Wildman–Crippen LogP) is 1.89. The van der Waals surface area contributed by atoms with E-state index in [-0.39, 0.29) is 18.1 Å². The van der Waals surface area contributed by atoms with Gasteiger partial charge in [-0.3, -0.25) is 9.69 Å². The number of carbonyl (C=O) groups is 1. The molecule has 0 spiro atoms. The average molecular weight is 380 g/mol. The van der Waals surface area contributed by atoms with Crippen LogP contribution in [0.2, 0.25) is 0 Å². The molecule has 2 heterocycles. The van der Waals surface area contributed by atoms with Crippen LogP contribution in [0.15, 0.2) is 0 Å². The fourth-order valence-electron chi connectivity index (χ4n) is 3.20. The van der Waals surface area contributed by atoms with E-state index >= 15 is 0 Å². The molecule has 1 aromatic rings. The molecule has 9 nitrogen and oxygen atoms in total. The Kier molecular flexibility index (Phi) is 7.18. The second kappa shape index (κ2) is 9.16. The highest BCUT2D eigenvalue weighted by Crippen LogP contribution is 2.22. The second-order valence-electron chi connectivity index (χ2n) is 8.07. The van der Waals surface area contributed by atoms with Crippen molar-refractivity contribution in [2.24, 2.45) is 0 Å². The minimum atomic E-state index is -0.788. The van der Waals surface area contributed by atoms with E-state index in [1.54, 1.807) is 0 Å². The highest BCUT2D eigenvalue weighted by molar-refractivity contribution is 5.69. The monoisotopic (exact) mass is 379 g/mol. The molecule has 0 aromatic carbocycles.